The maximum Gasteiger partial charge on any atom is 0.304 e. The van der Waals surface area contributed by atoms with Crippen LogP contribution in [0.5, 0.6) is 0 Å². The maximum absolute atomic E-state index is 13.9. The summed E-state index contributed by atoms with van der Waals surface area (Å²) in [7, 11) is 1.20. The molecule has 0 bridgehead atoms. The number of benzene rings is 1. The SMILES string of the molecule is CO[C@@H]1O[C@@H](COCc2ccccc2)C(F)(F)[C@@H](O)[C@H]1O. The van der Waals surface area contributed by atoms with Crippen LogP contribution in [-0.4, -0.2) is 54.5 Å². The molecule has 2 N–H and O–H groups in total. The van der Waals surface area contributed by atoms with Crippen molar-refractivity contribution in [3.63, 3.8) is 0 Å². The molecule has 0 aromatic heterocycles. The van der Waals surface area contributed by atoms with Crippen molar-refractivity contribution in [1.82, 2.24) is 0 Å². The Bertz CT molecular complexity index is 442. The summed E-state index contributed by atoms with van der Waals surface area (Å²) in [5.74, 6) is -3.62. The number of hydrogen-bond acceptors (Lipinski definition) is 5. The first kappa shape index (κ1) is 16.3. The lowest BCUT2D eigenvalue weighted by molar-refractivity contribution is -0.342. The Morgan fingerprint density at radius 3 is 2.52 bits per heavy atom. The highest BCUT2D eigenvalue weighted by Gasteiger charge is 2.57. The molecule has 1 aliphatic rings. The Kier molecular flexibility index (Phi) is 5.23. The lowest BCUT2D eigenvalue weighted by Gasteiger charge is -2.41. The summed E-state index contributed by atoms with van der Waals surface area (Å²) in [5, 5.41) is 19.0. The molecule has 1 aromatic carbocycles. The van der Waals surface area contributed by atoms with E-state index in [1.54, 1.807) is 12.1 Å². The normalized spacial score (nSPS) is 32.0. The largest absolute Gasteiger partial charge is 0.385 e. The van der Waals surface area contributed by atoms with Gasteiger partial charge in [-0.15, -0.1) is 0 Å². The summed E-state index contributed by atoms with van der Waals surface area (Å²) in [6.45, 7) is -0.279. The van der Waals surface area contributed by atoms with Gasteiger partial charge < -0.3 is 24.4 Å². The Labute approximate surface area is 121 Å². The van der Waals surface area contributed by atoms with Gasteiger partial charge in [0.1, 0.15) is 6.10 Å². The first-order chi connectivity index (χ1) is 9.96. The van der Waals surface area contributed by atoms with Crippen molar-refractivity contribution >= 4 is 0 Å². The van der Waals surface area contributed by atoms with Crippen LogP contribution < -0.4 is 0 Å². The van der Waals surface area contributed by atoms with Crippen molar-refractivity contribution in [2.75, 3.05) is 13.7 Å². The minimum Gasteiger partial charge on any atom is -0.385 e. The van der Waals surface area contributed by atoms with Crippen molar-refractivity contribution < 1.29 is 33.2 Å². The molecule has 0 radical (unpaired) electrons. The van der Waals surface area contributed by atoms with Crippen molar-refractivity contribution in [3.05, 3.63) is 35.9 Å². The first-order valence-electron chi connectivity index (χ1n) is 6.50. The summed E-state index contributed by atoms with van der Waals surface area (Å²) < 4.78 is 42.7. The van der Waals surface area contributed by atoms with Gasteiger partial charge in [0.05, 0.1) is 13.2 Å². The van der Waals surface area contributed by atoms with Crippen LogP contribution in [0.2, 0.25) is 0 Å². The van der Waals surface area contributed by atoms with Gasteiger partial charge in [-0.25, -0.2) is 8.78 Å². The quantitative estimate of drug-likeness (QED) is 0.847. The van der Waals surface area contributed by atoms with Gasteiger partial charge in [-0.3, -0.25) is 0 Å². The molecule has 1 heterocycles. The highest BCUT2D eigenvalue weighted by molar-refractivity contribution is 5.13. The smallest absolute Gasteiger partial charge is 0.304 e. The van der Waals surface area contributed by atoms with Gasteiger partial charge >= 0.3 is 5.92 Å². The zero-order chi connectivity index (χ0) is 15.5. The molecule has 0 unspecified atom stereocenters. The van der Waals surface area contributed by atoms with E-state index in [0.29, 0.717) is 0 Å². The van der Waals surface area contributed by atoms with E-state index in [0.717, 1.165) is 5.56 Å². The van der Waals surface area contributed by atoms with Crippen LogP contribution in [0.3, 0.4) is 0 Å². The topological polar surface area (TPSA) is 68.2 Å². The highest BCUT2D eigenvalue weighted by atomic mass is 19.3. The van der Waals surface area contributed by atoms with Crippen LogP contribution in [0.1, 0.15) is 5.56 Å². The third kappa shape index (κ3) is 3.56. The fourth-order valence-electron chi connectivity index (χ4n) is 2.10. The van der Waals surface area contributed by atoms with Gasteiger partial charge in [0.15, 0.2) is 18.5 Å². The van der Waals surface area contributed by atoms with E-state index in [1.165, 1.54) is 7.11 Å². The molecular formula is C14H18F2O5. The highest BCUT2D eigenvalue weighted by Crippen LogP contribution is 2.35. The summed E-state index contributed by atoms with van der Waals surface area (Å²) >= 11 is 0. The van der Waals surface area contributed by atoms with E-state index in [4.69, 9.17) is 14.2 Å². The van der Waals surface area contributed by atoms with E-state index in [1.807, 2.05) is 18.2 Å². The zero-order valence-corrected chi connectivity index (χ0v) is 11.5. The van der Waals surface area contributed by atoms with Gasteiger partial charge in [0.25, 0.3) is 0 Å². The van der Waals surface area contributed by atoms with E-state index < -0.39 is 37.1 Å². The molecule has 4 atom stereocenters. The molecule has 1 fully saturated rings. The minimum absolute atomic E-state index is 0.146. The third-order valence-corrected chi connectivity index (χ3v) is 3.34. The molecule has 5 nitrogen and oxygen atoms in total. The Morgan fingerprint density at radius 1 is 1.24 bits per heavy atom. The average Bonchev–Trinajstić information content (AvgIpc) is 2.49. The Morgan fingerprint density at radius 2 is 1.90 bits per heavy atom. The molecule has 0 spiro atoms. The second-order valence-corrected chi connectivity index (χ2v) is 4.84. The van der Waals surface area contributed by atoms with E-state index in [9.17, 15) is 19.0 Å². The van der Waals surface area contributed by atoms with E-state index >= 15 is 0 Å². The van der Waals surface area contributed by atoms with E-state index in [2.05, 4.69) is 0 Å². The number of methoxy groups -OCH3 is 1. The van der Waals surface area contributed by atoms with Gasteiger partial charge in [0.2, 0.25) is 0 Å². The average molecular weight is 304 g/mol. The van der Waals surface area contributed by atoms with Crippen LogP contribution in [0, 0.1) is 0 Å². The number of alkyl halides is 2. The number of ether oxygens (including phenoxy) is 3. The number of aliphatic hydroxyl groups excluding tert-OH is 2. The minimum atomic E-state index is -3.62. The molecule has 0 amide bonds. The summed E-state index contributed by atoms with van der Waals surface area (Å²) in [5.41, 5.74) is 0.834. The summed E-state index contributed by atoms with van der Waals surface area (Å²) in [6, 6.07) is 9.06. The van der Waals surface area contributed by atoms with Crippen LogP contribution in [0.25, 0.3) is 0 Å². The lowest BCUT2D eigenvalue weighted by Crippen LogP contribution is -2.63. The standard InChI is InChI=1S/C14H18F2O5/c1-19-13-11(17)12(18)14(15,16)10(21-13)8-20-7-9-5-3-2-4-6-9/h2-6,10-13,17-18H,7-8H2,1H3/t10-,11+,12-,13+/m0/s1. The second kappa shape index (κ2) is 6.76. The maximum atomic E-state index is 13.9. The first-order valence-corrected chi connectivity index (χ1v) is 6.50. The Hall–Kier alpha value is -1.12. The number of rotatable bonds is 5. The molecule has 0 aliphatic carbocycles. The fraction of sp³-hybridized carbons (Fsp3) is 0.571. The van der Waals surface area contributed by atoms with Crippen molar-refractivity contribution in [1.29, 1.82) is 0 Å². The predicted octanol–water partition coefficient (Wildman–Crippen LogP) is 0.932. The molecule has 21 heavy (non-hydrogen) atoms. The van der Waals surface area contributed by atoms with Gasteiger partial charge in [-0.2, -0.15) is 0 Å². The summed E-state index contributed by atoms with van der Waals surface area (Å²) in [6.07, 6.45) is -7.08. The molecular weight excluding hydrogens is 286 g/mol. The molecule has 118 valence electrons. The van der Waals surface area contributed by atoms with Crippen molar-refractivity contribution in [2.45, 2.75) is 37.1 Å². The fourth-order valence-corrected chi connectivity index (χ4v) is 2.10. The molecule has 0 saturated carbocycles. The zero-order valence-electron chi connectivity index (χ0n) is 11.5. The van der Waals surface area contributed by atoms with Gasteiger partial charge in [-0.1, -0.05) is 30.3 Å². The second-order valence-electron chi connectivity index (χ2n) is 4.84. The van der Waals surface area contributed by atoms with E-state index in [-0.39, 0.29) is 6.61 Å². The van der Waals surface area contributed by atoms with Gasteiger partial charge in [-0.05, 0) is 5.56 Å². The Balaban J connectivity index is 1.94. The van der Waals surface area contributed by atoms with Crippen LogP contribution in [-0.2, 0) is 20.8 Å². The van der Waals surface area contributed by atoms with Crippen LogP contribution in [0.4, 0.5) is 8.78 Å². The van der Waals surface area contributed by atoms with Crippen LogP contribution >= 0.6 is 0 Å². The molecule has 2 rings (SSSR count). The van der Waals surface area contributed by atoms with Crippen molar-refractivity contribution in [3.8, 4) is 0 Å². The number of hydrogen-bond donors (Lipinski definition) is 2. The summed E-state index contributed by atoms with van der Waals surface area (Å²) in [4.78, 5) is 0. The number of halogens is 2. The molecule has 7 heteroatoms. The number of aliphatic hydroxyl groups is 2. The predicted molar refractivity (Wildman–Crippen MR) is 68.7 cm³/mol. The van der Waals surface area contributed by atoms with Gasteiger partial charge in [0, 0.05) is 7.11 Å². The third-order valence-electron chi connectivity index (χ3n) is 3.34. The lowest BCUT2D eigenvalue weighted by atomic mass is 9.98. The molecule has 1 aromatic rings. The molecule has 1 aliphatic heterocycles. The molecule has 1 saturated heterocycles. The monoisotopic (exact) mass is 304 g/mol. The van der Waals surface area contributed by atoms with Crippen LogP contribution in [0.15, 0.2) is 30.3 Å². The van der Waals surface area contributed by atoms with Crippen molar-refractivity contribution in [2.24, 2.45) is 0 Å².